The fourth-order valence-electron chi connectivity index (χ4n) is 0.644. The maximum Gasteiger partial charge on any atom is 0.139 e. The van der Waals surface area contributed by atoms with Crippen LogP contribution in [0.5, 0.6) is 0 Å². The third kappa shape index (κ3) is 4.84. The Morgan fingerprint density at radius 1 is 1.23 bits per heavy atom. The Labute approximate surface area is 92.4 Å². The molecule has 13 heavy (non-hydrogen) atoms. The molecule has 0 heterocycles. The first-order chi connectivity index (χ1) is 5.54. The van der Waals surface area contributed by atoms with Crippen LogP contribution in [0.2, 0.25) is 0 Å². The van der Waals surface area contributed by atoms with Crippen LogP contribution in [0, 0.1) is 0 Å². The van der Waals surface area contributed by atoms with Gasteiger partial charge in [0.2, 0.25) is 0 Å². The van der Waals surface area contributed by atoms with E-state index in [1.165, 1.54) is 0 Å². The summed E-state index contributed by atoms with van der Waals surface area (Å²) in [6, 6.07) is -1.26. The maximum atomic E-state index is 10.0. The summed E-state index contributed by atoms with van der Waals surface area (Å²) in [5.41, 5.74) is 5.04. The molecule has 0 aliphatic heterocycles. The summed E-state index contributed by atoms with van der Waals surface area (Å²) in [4.78, 5) is 10.0. The SMILES string of the molecule is I.N[C@@H](C=O)[C@@H](O)[C@H](O)[C@H](O)CO. The predicted molar refractivity (Wildman–Crippen MR) is 54.6 cm³/mol. The number of nitrogens with two attached hydrogens (primary N) is 1. The molecule has 0 aromatic carbocycles. The molecule has 0 spiro atoms. The summed E-state index contributed by atoms with van der Waals surface area (Å²) in [5.74, 6) is 0. The molecular formula is C6H14INO5. The zero-order chi connectivity index (χ0) is 9.72. The lowest BCUT2D eigenvalue weighted by atomic mass is 10.0. The van der Waals surface area contributed by atoms with Crippen molar-refractivity contribution in [2.45, 2.75) is 24.4 Å². The highest BCUT2D eigenvalue weighted by atomic mass is 127. The average Bonchev–Trinajstić information content (AvgIpc) is 2.12. The Kier molecular flexibility index (Phi) is 9.14. The molecule has 6 N–H and O–H groups in total. The first kappa shape index (κ1) is 15.7. The van der Waals surface area contributed by atoms with E-state index in [9.17, 15) is 4.79 Å². The van der Waals surface area contributed by atoms with Crippen molar-refractivity contribution < 1.29 is 25.2 Å². The van der Waals surface area contributed by atoms with Crippen LogP contribution in [0.25, 0.3) is 0 Å². The second-order valence-electron chi connectivity index (χ2n) is 2.44. The van der Waals surface area contributed by atoms with Gasteiger partial charge in [-0.1, -0.05) is 0 Å². The molecule has 0 radical (unpaired) electrons. The van der Waals surface area contributed by atoms with Gasteiger partial charge in [0.1, 0.15) is 24.6 Å². The standard InChI is InChI=1S/C6H13NO5.HI/c7-3(1-8)5(11)6(12)4(10)2-9;/h1,3-6,9-12H,2,7H2;1H/t3-,4+,5+,6+;/m0./s1. The second-order valence-corrected chi connectivity index (χ2v) is 2.44. The fraction of sp³-hybridized carbons (Fsp3) is 0.833. The topological polar surface area (TPSA) is 124 Å². The van der Waals surface area contributed by atoms with E-state index in [0.29, 0.717) is 0 Å². The second kappa shape index (κ2) is 7.59. The van der Waals surface area contributed by atoms with E-state index in [1.54, 1.807) is 0 Å². The van der Waals surface area contributed by atoms with Gasteiger partial charge in [-0.05, 0) is 0 Å². The van der Waals surface area contributed by atoms with Crippen LogP contribution < -0.4 is 5.73 Å². The summed E-state index contributed by atoms with van der Waals surface area (Å²) in [7, 11) is 0. The van der Waals surface area contributed by atoms with Gasteiger partial charge in [0, 0.05) is 0 Å². The summed E-state index contributed by atoms with van der Waals surface area (Å²) in [5, 5.41) is 35.2. The van der Waals surface area contributed by atoms with Gasteiger partial charge in [-0.25, -0.2) is 0 Å². The van der Waals surface area contributed by atoms with Crippen molar-refractivity contribution in [3.8, 4) is 0 Å². The van der Waals surface area contributed by atoms with Crippen LogP contribution >= 0.6 is 24.0 Å². The van der Waals surface area contributed by atoms with Gasteiger partial charge in [-0.3, -0.25) is 0 Å². The largest absolute Gasteiger partial charge is 0.394 e. The Bertz CT molecular complexity index is 147. The van der Waals surface area contributed by atoms with Gasteiger partial charge < -0.3 is 31.0 Å². The summed E-state index contributed by atoms with van der Waals surface area (Å²) in [6.07, 6.45) is -4.43. The van der Waals surface area contributed by atoms with E-state index in [1.807, 2.05) is 0 Å². The molecule has 0 aliphatic carbocycles. The first-order valence-electron chi connectivity index (χ1n) is 3.40. The van der Waals surface area contributed by atoms with Crippen LogP contribution in [0.1, 0.15) is 0 Å². The van der Waals surface area contributed by atoms with Gasteiger partial charge in [-0.15, -0.1) is 24.0 Å². The fourth-order valence-corrected chi connectivity index (χ4v) is 0.644. The summed E-state index contributed by atoms with van der Waals surface area (Å²) in [6.45, 7) is -0.705. The van der Waals surface area contributed by atoms with Crippen molar-refractivity contribution in [1.29, 1.82) is 0 Å². The van der Waals surface area contributed by atoms with E-state index in [-0.39, 0.29) is 30.3 Å². The van der Waals surface area contributed by atoms with E-state index in [4.69, 9.17) is 26.2 Å². The molecular weight excluding hydrogens is 293 g/mol. The normalized spacial score (nSPS) is 19.5. The molecule has 6 nitrogen and oxygen atoms in total. The molecule has 0 aromatic heterocycles. The Morgan fingerprint density at radius 2 is 1.69 bits per heavy atom. The number of carbonyl (C=O) groups is 1. The smallest absolute Gasteiger partial charge is 0.139 e. The van der Waals surface area contributed by atoms with Crippen molar-refractivity contribution in [3.63, 3.8) is 0 Å². The number of aldehydes is 1. The lowest BCUT2D eigenvalue weighted by Crippen LogP contribution is -2.49. The van der Waals surface area contributed by atoms with Crippen molar-refractivity contribution >= 4 is 30.3 Å². The molecule has 4 atom stereocenters. The lowest BCUT2D eigenvalue weighted by molar-refractivity contribution is -0.118. The van der Waals surface area contributed by atoms with E-state index >= 15 is 0 Å². The highest BCUT2D eigenvalue weighted by molar-refractivity contribution is 14.0. The predicted octanol–water partition coefficient (Wildman–Crippen LogP) is -2.79. The quantitative estimate of drug-likeness (QED) is 0.276. The molecule has 0 aromatic rings. The average molecular weight is 307 g/mol. The van der Waals surface area contributed by atoms with E-state index < -0.39 is 31.0 Å². The third-order valence-electron chi connectivity index (χ3n) is 1.48. The molecule has 0 fully saturated rings. The minimum absolute atomic E-state index is 0. The number of aliphatic hydroxyl groups excluding tert-OH is 4. The number of hydrogen-bond acceptors (Lipinski definition) is 6. The molecule has 0 saturated carbocycles. The molecule has 0 rings (SSSR count). The minimum atomic E-state index is -1.62. The lowest BCUT2D eigenvalue weighted by Gasteiger charge is -2.23. The van der Waals surface area contributed by atoms with Gasteiger partial charge in [0.25, 0.3) is 0 Å². The molecule has 7 heteroatoms. The summed E-state index contributed by atoms with van der Waals surface area (Å²) >= 11 is 0. The highest BCUT2D eigenvalue weighted by Crippen LogP contribution is 2.01. The van der Waals surface area contributed by atoms with Crippen LogP contribution in [0.15, 0.2) is 0 Å². The van der Waals surface area contributed by atoms with Crippen LogP contribution in [0.3, 0.4) is 0 Å². The molecule has 0 bridgehead atoms. The van der Waals surface area contributed by atoms with Crippen molar-refractivity contribution in [2.75, 3.05) is 6.61 Å². The number of carbonyl (C=O) groups excluding carboxylic acids is 1. The van der Waals surface area contributed by atoms with Gasteiger partial charge in [-0.2, -0.15) is 0 Å². The monoisotopic (exact) mass is 307 g/mol. The van der Waals surface area contributed by atoms with Crippen LogP contribution in [-0.2, 0) is 4.79 Å². The van der Waals surface area contributed by atoms with E-state index in [2.05, 4.69) is 0 Å². The Morgan fingerprint density at radius 3 is 2.00 bits per heavy atom. The third-order valence-corrected chi connectivity index (χ3v) is 1.48. The highest BCUT2D eigenvalue weighted by Gasteiger charge is 2.28. The number of aliphatic hydroxyl groups is 4. The van der Waals surface area contributed by atoms with Crippen LogP contribution in [0.4, 0.5) is 0 Å². The van der Waals surface area contributed by atoms with Crippen molar-refractivity contribution in [2.24, 2.45) is 5.73 Å². The molecule has 0 saturated heterocycles. The molecule has 0 aliphatic rings. The minimum Gasteiger partial charge on any atom is -0.394 e. The first-order valence-corrected chi connectivity index (χ1v) is 3.40. The number of rotatable bonds is 5. The van der Waals surface area contributed by atoms with Gasteiger partial charge in [0.15, 0.2) is 0 Å². The zero-order valence-corrected chi connectivity index (χ0v) is 9.11. The Hall–Kier alpha value is 0.200. The van der Waals surface area contributed by atoms with Crippen LogP contribution in [-0.4, -0.2) is 57.7 Å². The maximum absolute atomic E-state index is 10.0. The molecule has 0 unspecified atom stereocenters. The Balaban J connectivity index is 0. The molecule has 80 valence electrons. The van der Waals surface area contributed by atoms with Gasteiger partial charge >= 0.3 is 0 Å². The van der Waals surface area contributed by atoms with E-state index in [0.717, 1.165) is 0 Å². The summed E-state index contributed by atoms with van der Waals surface area (Å²) < 4.78 is 0. The van der Waals surface area contributed by atoms with Gasteiger partial charge in [0.05, 0.1) is 12.6 Å². The number of hydrogen-bond donors (Lipinski definition) is 5. The van der Waals surface area contributed by atoms with Crippen molar-refractivity contribution in [1.82, 2.24) is 0 Å². The van der Waals surface area contributed by atoms with Crippen molar-refractivity contribution in [3.05, 3.63) is 0 Å². The zero-order valence-electron chi connectivity index (χ0n) is 6.78. The number of halogens is 1. The molecule has 0 amide bonds.